The molecule has 2 aromatic carbocycles. The zero-order valence-electron chi connectivity index (χ0n) is 18.6. The molecule has 1 aliphatic rings. The Morgan fingerprint density at radius 2 is 2.00 bits per heavy atom. The number of aryl methyl sites for hydroxylation is 1. The third kappa shape index (κ3) is 6.10. The summed E-state index contributed by atoms with van der Waals surface area (Å²) in [5.41, 5.74) is 2.22. The third-order valence-corrected chi connectivity index (χ3v) is 5.63. The summed E-state index contributed by atoms with van der Waals surface area (Å²) < 4.78 is 23.9. The normalized spacial score (nSPS) is 16.9. The van der Waals surface area contributed by atoms with Crippen molar-refractivity contribution in [2.75, 3.05) is 32.7 Å². The number of halogens is 2. The Hall–Kier alpha value is -2.94. The van der Waals surface area contributed by atoms with Gasteiger partial charge in [0, 0.05) is 50.0 Å². The Balaban J connectivity index is 1.85. The number of carbonyl (C=O) groups excluding carboxylic acids is 2. The number of nitrogens with zero attached hydrogens (tertiary/aromatic N) is 1. The predicted octanol–water partition coefficient (Wildman–Crippen LogP) is 3.64. The van der Waals surface area contributed by atoms with Crippen molar-refractivity contribution in [2.24, 2.45) is 0 Å². The van der Waals surface area contributed by atoms with E-state index in [0.717, 1.165) is 0 Å². The molecule has 7 nitrogen and oxygen atoms in total. The maximum atomic E-state index is 13.4. The van der Waals surface area contributed by atoms with Crippen molar-refractivity contribution in [1.29, 1.82) is 0 Å². The van der Waals surface area contributed by atoms with E-state index in [9.17, 15) is 19.1 Å². The SMILES string of the molecule is COC[C@@H](O)COc1cc(NC(=O)C2=CN(C)C(=O)C[C@H]2c2ccc(F)cc2)c(C)cc1Cl. The highest BCUT2D eigenvalue weighted by molar-refractivity contribution is 6.32. The summed E-state index contributed by atoms with van der Waals surface area (Å²) in [6.07, 6.45) is 0.758. The molecule has 2 atom stereocenters. The average molecular weight is 477 g/mol. The summed E-state index contributed by atoms with van der Waals surface area (Å²) in [7, 11) is 3.06. The van der Waals surface area contributed by atoms with E-state index in [1.54, 1.807) is 38.2 Å². The monoisotopic (exact) mass is 476 g/mol. The zero-order chi connectivity index (χ0) is 24.1. The molecule has 0 fully saturated rings. The van der Waals surface area contributed by atoms with Crippen molar-refractivity contribution in [3.05, 3.63) is 70.1 Å². The highest BCUT2D eigenvalue weighted by Gasteiger charge is 2.31. The van der Waals surface area contributed by atoms with Crippen LogP contribution in [0.5, 0.6) is 5.75 Å². The fourth-order valence-corrected chi connectivity index (χ4v) is 3.80. The van der Waals surface area contributed by atoms with Gasteiger partial charge in [-0.2, -0.15) is 0 Å². The maximum absolute atomic E-state index is 13.4. The molecule has 176 valence electrons. The number of carbonyl (C=O) groups is 2. The minimum Gasteiger partial charge on any atom is -0.489 e. The number of anilines is 1. The minimum atomic E-state index is -0.831. The number of ether oxygens (including phenoxy) is 2. The minimum absolute atomic E-state index is 0.0330. The van der Waals surface area contributed by atoms with Gasteiger partial charge in [-0.3, -0.25) is 9.59 Å². The van der Waals surface area contributed by atoms with Gasteiger partial charge in [-0.15, -0.1) is 0 Å². The lowest BCUT2D eigenvalue weighted by Crippen LogP contribution is -2.33. The fraction of sp³-hybridized carbons (Fsp3) is 0.333. The molecule has 0 spiro atoms. The molecule has 0 saturated heterocycles. The van der Waals surface area contributed by atoms with Crippen LogP contribution < -0.4 is 10.1 Å². The van der Waals surface area contributed by atoms with E-state index in [4.69, 9.17) is 21.1 Å². The number of hydrogen-bond acceptors (Lipinski definition) is 5. The molecule has 1 aliphatic heterocycles. The van der Waals surface area contributed by atoms with E-state index >= 15 is 0 Å². The van der Waals surface area contributed by atoms with Crippen molar-refractivity contribution in [1.82, 2.24) is 4.90 Å². The molecule has 3 rings (SSSR count). The van der Waals surface area contributed by atoms with Crippen molar-refractivity contribution in [3.8, 4) is 5.75 Å². The number of hydrogen-bond donors (Lipinski definition) is 2. The Labute approximate surface area is 196 Å². The average Bonchev–Trinajstić information content (AvgIpc) is 2.77. The lowest BCUT2D eigenvalue weighted by Gasteiger charge is -2.28. The highest BCUT2D eigenvalue weighted by atomic mass is 35.5. The van der Waals surface area contributed by atoms with Crippen LogP contribution in [-0.2, 0) is 14.3 Å². The van der Waals surface area contributed by atoms with E-state index in [1.807, 2.05) is 0 Å². The van der Waals surface area contributed by atoms with Crippen molar-refractivity contribution >= 4 is 29.1 Å². The summed E-state index contributed by atoms with van der Waals surface area (Å²) in [5.74, 6) is -1.16. The van der Waals surface area contributed by atoms with Gasteiger partial charge in [0.2, 0.25) is 5.91 Å². The van der Waals surface area contributed by atoms with Crippen molar-refractivity contribution < 1.29 is 28.6 Å². The van der Waals surface area contributed by atoms with Crippen molar-refractivity contribution in [2.45, 2.75) is 25.4 Å². The molecule has 0 radical (unpaired) electrons. The Morgan fingerprint density at radius 3 is 2.67 bits per heavy atom. The predicted molar refractivity (Wildman–Crippen MR) is 123 cm³/mol. The summed E-state index contributed by atoms with van der Waals surface area (Å²) in [4.78, 5) is 26.9. The van der Waals surface area contributed by atoms with Gasteiger partial charge in [0.15, 0.2) is 0 Å². The van der Waals surface area contributed by atoms with Gasteiger partial charge >= 0.3 is 0 Å². The number of aliphatic hydroxyl groups is 1. The fourth-order valence-electron chi connectivity index (χ4n) is 3.53. The van der Waals surface area contributed by atoms with E-state index in [0.29, 0.717) is 33.2 Å². The first kappa shape index (κ1) is 24.7. The summed E-state index contributed by atoms with van der Waals surface area (Å²) >= 11 is 6.26. The molecular formula is C24H26ClFN2O5. The Morgan fingerprint density at radius 1 is 1.30 bits per heavy atom. The van der Waals surface area contributed by atoms with Gasteiger partial charge in [-0.1, -0.05) is 23.7 Å². The standard InChI is InChI=1S/C24H26ClFN2O5/c1-14-8-20(25)22(33-13-17(29)12-32-3)10-21(14)27-24(31)19-11-28(2)23(30)9-18(19)15-4-6-16(26)7-5-15/h4-8,10-11,17-18,29H,9,12-13H2,1-3H3,(H,27,31)/t17-,18+/m1/s1. The lowest BCUT2D eigenvalue weighted by atomic mass is 9.85. The first-order valence-electron chi connectivity index (χ1n) is 10.3. The van der Waals surface area contributed by atoms with E-state index < -0.39 is 23.7 Å². The second-order valence-electron chi connectivity index (χ2n) is 7.87. The maximum Gasteiger partial charge on any atom is 0.253 e. The molecule has 0 aromatic heterocycles. The molecule has 9 heteroatoms. The number of rotatable bonds is 8. The molecule has 2 N–H and O–H groups in total. The Bertz CT molecular complexity index is 1060. The number of amides is 2. The molecule has 2 aromatic rings. The van der Waals surface area contributed by atoms with Crippen LogP contribution in [0.3, 0.4) is 0 Å². The Kier molecular flexibility index (Phi) is 8.07. The first-order valence-corrected chi connectivity index (χ1v) is 10.7. The van der Waals surface area contributed by atoms with Gasteiger partial charge in [0.25, 0.3) is 5.91 Å². The zero-order valence-corrected chi connectivity index (χ0v) is 19.4. The van der Waals surface area contributed by atoms with Crippen LogP contribution in [0.1, 0.15) is 23.5 Å². The first-order chi connectivity index (χ1) is 15.7. The van der Waals surface area contributed by atoms with Gasteiger partial charge in [0.05, 0.1) is 11.6 Å². The summed E-state index contributed by atoms with van der Waals surface area (Å²) in [5, 5.41) is 13.0. The number of aliphatic hydroxyl groups excluding tert-OH is 1. The van der Waals surface area contributed by atoms with Crippen LogP contribution in [0.2, 0.25) is 5.02 Å². The molecule has 0 aliphatic carbocycles. The number of nitrogens with one attached hydrogen (secondary N) is 1. The van der Waals surface area contributed by atoms with Crippen LogP contribution in [0, 0.1) is 12.7 Å². The molecule has 2 amide bonds. The van der Waals surface area contributed by atoms with Gasteiger partial charge in [-0.25, -0.2) is 4.39 Å². The molecular weight excluding hydrogens is 451 g/mol. The number of methoxy groups -OCH3 is 1. The number of benzene rings is 2. The van der Waals surface area contributed by atoms with E-state index in [2.05, 4.69) is 5.32 Å². The second-order valence-corrected chi connectivity index (χ2v) is 8.28. The van der Waals surface area contributed by atoms with Gasteiger partial charge in [0.1, 0.15) is 24.3 Å². The highest BCUT2D eigenvalue weighted by Crippen LogP contribution is 2.35. The molecule has 0 unspecified atom stereocenters. The van der Waals surface area contributed by atoms with Crippen LogP contribution in [0.25, 0.3) is 0 Å². The largest absolute Gasteiger partial charge is 0.489 e. The van der Waals surface area contributed by atoms with Gasteiger partial charge in [-0.05, 0) is 36.2 Å². The smallest absolute Gasteiger partial charge is 0.253 e. The van der Waals surface area contributed by atoms with E-state index in [1.165, 1.54) is 30.3 Å². The van der Waals surface area contributed by atoms with E-state index in [-0.39, 0.29) is 25.5 Å². The van der Waals surface area contributed by atoms with Crippen LogP contribution in [0.15, 0.2) is 48.2 Å². The van der Waals surface area contributed by atoms with Gasteiger partial charge < -0.3 is 24.8 Å². The topological polar surface area (TPSA) is 88.1 Å². The summed E-state index contributed by atoms with van der Waals surface area (Å²) in [6, 6.07) is 8.99. The quantitative estimate of drug-likeness (QED) is 0.607. The van der Waals surface area contributed by atoms with Crippen molar-refractivity contribution in [3.63, 3.8) is 0 Å². The second kappa shape index (κ2) is 10.8. The molecule has 0 saturated carbocycles. The molecule has 0 bridgehead atoms. The van der Waals surface area contributed by atoms with Crippen LogP contribution in [-0.4, -0.2) is 55.3 Å². The van der Waals surface area contributed by atoms with Crippen LogP contribution >= 0.6 is 11.6 Å². The summed E-state index contributed by atoms with van der Waals surface area (Å²) in [6.45, 7) is 1.86. The molecule has 1 heterocycles. The lowest BCUT2D eigenvalue weighted by molar-refractivity contribution is -0.128. The molecule has 33 heavy (non-hydrogen) atoms. The van der Waals surface area contributed by atoms with Crippen LogP contribution in [0.4, 0.5) is 10.1 Å². The third-order valence-electron chi connectivity index (χ3n) is 5.33.